The number of anilines is 1. The number of piperidine rings is 1. The van der Waals surface area contributed by atoms with Gasteiger partial charge in [0.2, 0.25) is 0 Å². The zero-order valence-electron chi connectivity index (χ0n) is 17.8. The lowest BCUT2D eigenvalue weighted by atomic mass is 9.96. The lowest BCUT2D eigenvalue weighted by Crippen LogP contribution is -2.44. The number of nitrogens with zero attached hydrogens (tertiary/aromatic N) is 3. The fourth-order valence-corrected chi connectivity index (χ4v) is 4.61. The summed E-state index contributed by atoms with van der Waals surface area (Å²) in [5.74, 6) is 1.64. The molecule has 0 saturated carbocycles. The van der Waals surface area contributed by atoms with Gasteiger partial charge in [0.1, 0.15) is 11.4 Å². The Labute approximate surface area is 177 Å². The maximum absolute atomic E-state index is 11.4. The van der Waals surface area contributed by atoms with Gasteiger partial charge in [0.05, 0.1) is 7.11 Å². The van der Waals surface area contributed by atoms with Gasteiger partial charge in [-0.15, -0.1) is 10.2 Å². The lowest BCUT2D eigenvalue weighted by molar-refractivity contribution is 0.132. The maximum Gasteiger partial charge on any atom is 0.407 e. The van der Waals surface area contributed by atoms with Crippen LogP contribution in [0.4, 0.5) is 10.6 Å². The molecule has 2 heterocycles. The van der Waals surface area contributed by atoms with Crippen molar-refractivity contribution < 1.29 is 14.6 Å². The molecule has 0 unspecified atom stereocenters. The van der Waals surface area contributed by atoms with Gasteiger partial charge in [-0.1, -0.05) is 12.5 Å². The van der Waals surface area contributed by atoms with Crippen molar-refractivity contribution in [2.24, 2.45) is 0 Å². The predicted octanol–water partition coefficient (Wildman–Crippen LogP) is 4.28. The van der Waals surface area contributed by atoms with E-state index in [0.29, 0.717) is 13.1 Å². The number of methoxy groups -OCH3 is 1. The summed E-state index contributed by atoms with van der Waals surface area (Å²) >= 11 is 0. The van der Waals surface area contributed by atoms with Crippen LogP contribution in [-0.2, 0) is 12.8 Å². The molecule has 0 spiro atoms. The standard InChI is InChI=1S/C23H30N4O3/c1-15-10-11-19(20(13-15)30-2)21-17-8-4-3-5-9-18(17)22(26-25-21)24-16-7-6-12-27(14-16)23(28)29/h10-11,13,16H,3-9,12,14H2,1-2H3,(H,24,26)(H,28,29)/t16-/m1/s1. The molecular formula is C23H30N4O3. The highest BCUT2D eigenvalue weighted by molar-refractivity contribution is 5.73. The maximum atomic E-state index is 11.4. The van der Waals surface area contributed by atoms with E-state index in [9.17, 15) is 9.90 Å². The molecule has 1 aromatic heterocycles. The Morgan fingerprint density at radius 3 is 2.73 bits per heavy atom. The molecule has 0 bridgehead atoms. The number of carbonyl (C=O) groups is 1. The Morgan fingerprint density at radius 2 is 1.97 bits per heavy atom. The molecule has 2 N–H and O–H groups in total. The van der Waals surface area contributed by atoms with Crippen LogP contribution >= 0.6 is 0 Å². The van der Waals surface area contributed by atoms with E-state index in [0.717, 1.165) is 66.9 Å². The van der Waals surface area contributed by atoms with Crippen LogP contribution in [0.3, 0.4) is 0 Å². The summed E-state index contributed by atoms with van der Waals surface area (Å²) in [5.41, 5.74) is 5.51. The second-order valence-corrected chi connectivity index (χ2v) is 8.33. The van der Waals surface area contributed by atoms with Crippen LogP contribution in [0.5, 0.6) is 5.75 Å². The molecule has 30 heavy (non-hydrogen) atoms. The molecule has 1 atom stereocenters. The number of hydrogen-bond acceptors (Lipinski definition) is 5. The first-order valence-corrected chi connectivity index (χ1v) is 10.8. The lowest BCUT2D eigenvalue weighted by Gasteiger charge is -2.32. The molecule has 4 rings (SSSR count). The normalized spacial score (nSPS) is 19.0. The van der Waals surface area contributed by atoms with Gasteiger partial charge in [-0.25, -0.2) is 4.79 Å². The molecule has 2 aromatic rings. The van der Waals surface area contributed by atoms with Crippen molar-refractivity contribution in [3.05, 3.63) is 34.9 Å². The van der Waals surface area contributed by atoms with E-state index in [-0.39, 0.29) is 6.04 Å². The number of hydrogen-bond donors (Lipinski definition) is 2. The fraction of sp³-hybridized carbons (Fsp3) is 0.522. The average molecular weight is 411 g/mol. The fourth-order valence-electron chi connectivity index (χ4n) is 4.61. The molecule has 2 aliphatic rings. The highest BCUT2D eigenvalue weighted by Gasteiger charge is 2.26. The molecule has 160 valence electrons. The van der Waals surface area contributed by atoms with E-state index >= 15 is 0 Å². The zero-order valence-corrected chi connectivity index (χ0v) is 17.8. The summed E-state index contributed by atoms with van der Waals surface area (Å²) in [6.45, 7) is 3.14. The molecule has 1 fully saturated rings. The minimum absolute atomic E-state index is 0.0660. The quantitative estimate of drug-likeness (QED) is 0.732. The number of aromatic nitrogens is 2. The number of benzene rings is 1. The Morgan fingerprint density at radius 1 is 1.17 bits per heavy atom. The average Bonchev–Trinajstić information content (AvgIpc) is 3.01. The van der Waals surface area contributed by atoms with Crippen molar-refractivity contribution in [1.29, 1.82) is 0 Å². The van der Waals surface area contributed by atoms with Gasteiger partial charge >= 0.3 is 6.09 Å². The summed E-state index contributed by atoms with van der Waals surface area (Å²) in [6, 6.07) is 6.25. The smallest absolute Gasteiger partial charge is 0.407 e. The van der Waals surface area contributed by atoms with E-state index < -0.39 is 6.09 Å². The number of nitrogens with one attached hydrogen (secondary N) is 1. The first-order valence-electron chi connectivity index (χ1n) is 10.8. The number of amides is 1. The zero-order chi connectivity index (χ0) is 21.1. The topological polar surface area (TPSA) is 87.6 Å². The van der Waals surface area contributed by atoms with Gasteiger partial charge in [0, 0.05) is 30.3 Å². The molecular weight excluding hydrogens is 380 g/mol. The summed E-state index contributed by atoms with van der Waals surface area (Å²) in [4.78, 5) is 12.9. The molecule has 1 aromatic carbocycles. The van der Waals surface area contributed by atoms with E-state index in [2.05, 4.69) is 34.6 Å². The molecule has 1 aliphatic carbocycles. The van der Waals surface area contributed by atoms with Gasteiger partial charge in [-0.3, -0.25) is 0 Å². The van der Waals surface area contributed by atoms with Gasteiger partial charge in [0.25, 0.3) is 0 Å². The second-order valence-electron chi connectivity index (χ2n) is 8.33. The Balaban J connectivity index is 1.70. The second kappa shape index (κ2) is 8.90. The van der Waals surface area contributed by atoms with Crippen LogP contribution in [0.25, 0.3) is 11.3 Å². The number of carboxylic acid groups (broad SMARTS) is 1. The van der Waals surface area contributed by atoms with Crippen molar-refractivity contribution in [2.75, 3.05) is 25.5 Å². The van der Waals surface area contributed by atoms with Gasteiger partial charge in [-0.05, 0) is 68.7 Å². The number of fused-ring (bicyclic) bond motifs is 1. The third-order valence-corrected chi connectivity index (χ3v) is 6.18. The van der Waals surface area contributed by atoms with Crippen LogP contribution < -0.4 is 10.1 Å². The van der Waals surface area contributed by atoms with Gasteiger partial charge in [-0.2, -0.15) is 0 Å². The van der Waals surface area contributed by atoms with Gasteiger partial charge < -0.3 is 20.1 Å². The van der Waals surface area contributed by atoms with Crippen LogP contribution in [0, 0.1) is 6.92 Å². The van der Waals surface area contributed by atoms with Crippen LogP contribution in [0.2, 0.25) is 0 Å². The third kappa shape index (κ3) is 4.20. The minimum atomic E-state index is -0.853. The van der Waals surface area contributed by atoms with Crippen LogP contribution in [-0.4, -0.2) is 52.5 Å². The SMILES string of the molecule is COc1cc(C)ccc1-c1nnc(N[C@@H]2CCCN(C(=O)O)C2)c2c1CCCCC2. The summed E-state index contributed by atoms with van der Waals surface area (Å²) in [5, 5.41) is 22.1. The highest BCUT2D eigenvalue weighted by Crippen LogP contribution is 2.37. The van der Waals surface area contributed by atoms with Crippen molar-refractivity contribution >= 4 is 11.9 Å². The van der Waals surface area contributed by atoms with Gasteiger partial charge in [0.15, 0.2) is 5.82 Å². The molecule has 1 amide bonds. The largest absolute Gasteiger partial charge is 0.496 e. The van der Waals surface area contributed by atoms with E-state index in [1.807, 2.05) is 6.07 Å². The molecule has 7 heteroatoms. The van der Waals surface area contributed by atoms with Crippen molar-refractivity contribution in [2.45, 2.75) is 57.9 Å². The number of rotatable bonds is 4. The third-order valence-electron chi connectivity index (χ3n) is 6.18. The van der Waals surface area contributed by atoms with Crippen molar-refractivity contribution in [3.63, 3.8) is 0 Å². The number of aryl methyl sites for hydroxylation is 1. The number of ether oxygens (including phenoxy) is 1. The molecule has 0 radical (unpaired) electrons. The van der Waals surface area contributed by atoms with Crippen LogP contribution in [0.15, 0.2) is 18.2 Å². The Hall–Kier alpha value is -2.83. The number of likely N-dealkylation sites (tertiary alicyclic amines) is 1. The highest BCUT2D eigenvalue weighted by atomic mass is 16.5. The minimum Gasteiger partial charge on any atom is -0.496 e. The van der Waals surface area contributed by atoms with Crippen LogP contribution in [0.1, 0.15) is 48.8 Å². The van der Waals surface area contributed by atoms with E-state index in [1.54, 1.807) is 7.11 Å². The summed E-state index contributed by atoms with van der Waals surface area (Å²) < 4.78 is 5.64. The first-order chi connectivity index (χ1) is 14.6. The van der Waals surface area contributed by atoms with Crippen molar-refractivity contribution in [3.8, 4) is 17.0 Å². The van der Waals surface area contributed by atoms with Crippen molar-refractivity contribution in [1.82, 2.24) is 15.1 Å². The molecule has 1 aliphatic heterocycles. The molecule has 1 saturated heterocycles. The van der Waals surface area contributed by atoms with E-state index in [4.69, 9.17) is 4.74 Å². The molecule has 7 nitrogen and oxygen atoms in total. The summed E-state index contributed by atoms with van der Waals surface area (Å²) in [6.07, 6.45) is 6.33. The Bertz CT molecular complexity index is 931. The monoisotopic (exact) mass is 410 g/mol. The predicted molar refractivity (Wildman–Crippen MR) is 116 cm³/mol. The Kier molecular flexibility index (Phi) is 6.06. The van der Waals surface area contributed by atoms with E-state index in [1.165, 1.54) is 22.4 Å². The first kappa shape index (κ1) is 20.4. The summed E-state index contributed by atoms with van der Waals surface area (Å²) in [7, 11) is 1.69.